The third-order valence-corrected chi connectivity index (χ3v) is 4.60. The molecule has 1 aliphatic heterocycles. The molecule has 0 radical (unpaired) electrons. The smallest absolute Gasteiger partial charge is 0.197 e. The summed E-state index contributed by atoms with van der Waals surface area (Å²) in [4.78, 5) is 4.21. The number of hydrogen-bond donors (Lipinski definition) is 3. The Morgan fingerprint density at radius 3 is 3.06 bits per heavy atom. The van der Waals surface area contributed by atoms with Gasteiger partial charge in [0.2, 0.25) is 0 Å². The first-order valence-corrected chi connectivity index (χ1v) is 7.18. The van der Waals surface area contributed by atoms with Crippen LogP contribution in [0.4, 0.5) is 5.69 Å². The number of benzene rings is 1. The summed E-state index contributed by atoms with van der Waals surface area (Å²) in [7, 11) is -0.627. The molecule has 4 nitrogen and oxygen atoms in total. The van der Waals surface area contributed by atoms with Crippen LogP contribution >= 0.6 is 22.5 Å². The maximum atomic E-state index is 5.97. The number of aromatic nitrogens is 3. The van der Waals surface area contributed by atoms with Gasteiger partial charge in [0, 0.05) is 10.7 Å². The van der Waals surface area contributed by atoms with Crippen LogP contribution in [0.3, 0.4) is 0 Å². The summed E-state index contributed by atoms with van der Waals surface area (Å²) in [6.07, 6.45) is 5.67. The number of H-pyrrole nitrogens is 1. The third kappa shape index (κ3) is 2.27. The molecular formula is C12H11ClN4S. The summed E-state index contributed by atoms with van der Waals surface area (Å²) in [6, 6.07) is 7.65. The summed E-state index contributed by atoms with van der Waals surface area (Å²) >= 11 is 5.97. The minimum atomic E-state index is -0.627. The van der Waals surface area contributed by atoms with Crippen molar-refractivity contribution in [3.8, 4) is 0 Å². The molecule has 1 unspecified atom stereocenters. The zero-order valence-corrected chi connectivity index (χ0v) is 11.0. The third-order valence-electron chi connectivity index (χ3n) is 2.46. The van der Waals surface area contributed by atoms with Crippen molar-refractivity contribution in [1.82, 2.24) is 15.2 Å². The second kappa shape index (κ2) is 4.88. The van der Waals surface area contributed by atoms with Crippen LogP contribution in [-0.2, 0) is 0 Å². The van der Waals surface area contributed by atoms with Gasteiger partial charge in [0.1, 0.15) is 6.33 Å². The molecule has 6 heteroatoms. The van der Waals surface area contributed by atoms with E-state index in [9.17, 15) is 0 Å². The highest BCUT2D eigenvalue weighted by Gasteiger charge is 2.16. The predicted molar refractivity (Wildman–Crippen MR) is 75.9 cm³/mol. The molecule has 0 spiro atoms. The van der Waals surface area contributed by atoms with E-state index in [1.54, 1.807) is 6.33 Å². The predicted octanol–water partition coefficient (Wildman–Crippen LogP) is 3.30. The molecule has 1 aliphatic rings. The highest BCUT2D eigenvalue weighted by Crippen LogP contribution is 2.46. The lowest BCUT2D eigenvalue weighted by atomic mass is 10.3. The Hall–Kier alpha value is -1.72. The lowest BCUT2D eigenvalue weighted by Gasteiger charge is -2.16. The van der Waals surface area contributed by atoms with E-state index in [2.05, 4.69) is 25.9 Å². The van der Waals surface area contributed by atoms with Crippen molar-refractivity contribution in [2.24, 2.45) is 0 Å². The van der Waals surface area contributed by atoms with Gasteiger partial charge in [-0.1, -0.05) is 23.7 Å². The number of thiol groups is 1. The Labute approximate surface area is 112 Å². The molecule has 1 aromatic heterocycles. The highest BCUT2D eigenvalue weighted by molar-refractivity contribution is 8.23. The quantitative estimate of drug-likeness (QED) is 0.755. The Morgan fingerprint density at radius 1 is 1.33 bits per heavy atom. The average Bonchev–Trinajstić information content (AvgIpc) is 2.98. The fourth-order valence-electron chi connectivity index (χ4n) is 1.69. The molecule has 0 amide bonds. The summed E-state index contributed by atoms with van der Waals surface area (Å²) in [5.41, 5.74) is 0.973. The fraction of sp³-hybridized carbons (Fsp3) is 0. The Kier molecular flexibility index (Phi) is 3.08. The molecular weight excluding hydrogens is 268 g/mol. The first-order valence-electron chi connectivity index (χ1n) is 5.39. The van der Waals surface area contributed by atoms with Gasteiger partial charge in [-0.2, -0.15) is 0 Å². The minimum absolute atomic E-state index is 0.627. The summed E-state index contributed by atoms with van der Waals surface area (Å²) < 4.78 is 0. The van der Waals surface area contributed by atoms with Gasteiger partial charge in [-0.25, -0.2) is 4.98 Å². The van der Waals surface area contributed by atoms with Crippen LogP contribution in [0, 0.1) is 0 Å². The van der Waals surface area contributed by atoms with Crippen LogP contribution < -0.4 is 5.32 Å². The van der Waals surface area contributed by atoms with Crippen LogP contribution in [0.5, 0.6) is 0 Å². The maximum absolute atomic E-state index is 5.97. The van der Waals surface area contributed by atoms with Crippen LogP contribution in [0.15, 0.2) is 58.3 Å². The van der Waals surface area contributed by atoms with E-state index >= 15 is 0 Å². The van der Waals surface area contributed by atoms with Gasteiger partial charge < -0.3 is 5.32 Å². The second-order valence-corrected chi connectivity index (χ2v) is 6.05. The van der Waals surface area contributed by atoms with E-state index in [-0.39, 0.29) is 0 Å². The SMILES string of the molecule is Clc1cccc(NC2=CC=C[SH]2c2nc[nH]n2)c1. The molecule has 1 aromatic carbocycles. The van der Waals surface area contributed by atoms with E-state index in [1.165, 1.54) is 0 Å². The normalized spacial score (nSPS) is 19.8. The molecule has 3 rings (SSSR count). The largest absolute Gasteiger partial charge is 0.351 e. The first-order chi connectivity index (χ1) is 8.83. The summed E-state index contributed by atoms with van der Waals surface area (Å²) in [5.74, 6) is 0. The number of anilines is 1. The molecule has 2 aromatic rings. The fourth-order valence-corrected chi connectivity index (χ4v) is 3.49. The number of nitrogens with zero attached hydrogens (tertiary/aromatic N) is 2. The number of rotatable bonds is 3. The van der Waals surface area contributed by atoms with Crippen molar-refractivity contribution in [3.05, 3.63) is 58.2 Å². The molecule has 0 aliphatic carbocycles. The molecule has 2 N–H and O–H groups in total. The van der Waals surface area contributed by atoms with E-state index in [4.69, 9.17) is 11.6 Å². The van der Waals surface area contributed by atoms with Crippen LogP contribution in [0.25, 0.3) is 0 Å². The molecule has 0 fully saturated rings. The molecule has 1 atom stereocenters. The van der Waals surface area contributed by atoms with Crippen LogP contribution in [0.1, 0.15) is 0 Å². The van der Waals surface area contributed by atoms with Gasteiger partial charge in [-0.05, 0) is 29.7 Å². The van der Waals surface area contributed by atoms with Gasteiger partial charge in [-0.15, -0.1) is 16.0 Å². The first kappa shape index (κ1) is 11.4. The van der Waals surface area contributed by atoms with E-state index in [1.807, 2.05) is 36.4 Å². The highest BCUT2D eigenvalue weighted by atomic mass is 35.5. The number of halogens is 1. The van der Waals surface area contributed by atoms with Gasteiger partial charge in [0.15, 0.2) is 5.16 Å². The molecule has 2 heterocycles. The van der Waals surface area contributed by atoms with Gasteiger partial charge in [0.05, 0.1) is 5.03 Å². The zero-order chi connectivity index (χ0) is 12.4. The molecule has 0 saturated heterocycles. The monoisotopic (exact) mass is 278 g/mol. The summed E-state index contributed by atoms with van der Waals surface area (Å²) in [6.45, 7) is 0. The van der Waals surface area contributed by atoms with Crippen molar-refractivity contribution in [2.45, 2.75) is 5.16 Å². The second-order valence-electron chi connectivity index (χ2n) is 3.70. The van der Waals surface area contributed by atoms with Crippen LogP contribution in [0.2, 0.25) is 5.02 Å². The number of aromatic amines is 1. The van der Waals surface area contributed by atoms with Crippen LogP contribution in [-0.4, -0.2) is 15.2 Å². The Balaban J connectivity index is 1.81. The van der Waals surface area contributed by atoms with Crippen molar-refractivity contribution in [2.75, 3.05) is 5.32 Å². The Bertz CT molecular complexity index is 606. The number of allylic oxidation sites excluding steroid dienone is 2. The topological polar surface area (TPSA) is 53.6 Å². The van der Waals surface area contributed by atoms with E-state index in [0.717, 1.165) is 15.9 Å². The number of hydrogen-bond acceptors (Lipinski definition) is 3. The molecule has 0 saturated carbocycles. The summed E-state index contributed by atoms with van der Waals surface area (Å²) in [5, 5.41) is 15.0. The Morgan fingerprint density at radius 2 is 2.28 bits per heavy atom. The molecule has 0 bridgehead atoms. The average molecular weight is 279 g/mol. The van der Waals surface area contributed by atoms with Crippen molar-refractivity contribution < 1.29 is 0 Å². The van der Waals surface area contributed by atoms with Crippen molar-refractivity contribution >= 4 is 28.2 Å². The molecule has 92 valence electrons. The van der Waals surface area contributed by atoms with Gasteiger partial charge in [0.25, 0.3) is 0 Å². The number of nitrogens with one attached hydrogen (secondary N) is 2. The maximum Gasteiger partial charge on any atom is 0.197 e. The van der Waals surface area contributed by atoms with E-state index < -0.39 is 10.9 Å². The van der Waals surface area contributed by atoms with Crippen molar-refractivity contribution in [3.63, 3.8) is 0 Å². The lowest BCUT2D eigenvalue weighted by Crippen LogP contribution is -1.99. The minimum Gasteiger partial charge on any atom is -0.351 e. The van der Waals surface area contributed by atoms with Gasteiger partial charge >= 0.3 is 0 Å². The zero-order valence-electron chi connectivity index (χ0n) is 9.34. The lowest BCUT2D eigenvalue weighted by molar-refractivity contribution is 0.973. The standard InChI is InChI=1S/C12H11ClN4S/c13-9-3-1-4-10(7-9)16-11-5-2-6-18(11)12-14-8-15-17-12/h1-8,16,18H,(H,14,15,17). The van der Waals surface area contributed by atoms with E-state index in [0.29, 0.717) is 5.02 Å². The van der Waals surface area contributed by atoms with Crippen molar-refractivity contribution in [1.29, 1.82) is 0 Å². The van der Waals surface area contributed by atoms with Gasteiger partial charge in [-0.3, -0.25) is 5.10 Å². The molecule has 18 heavy (non-hydrogen) atoms.